The molecule has 0 aliphatic rings. The van der Waals surface area contributed by atoms with Crippen molar-refractivity contribution >= 4 is 0 Å². The highest BCUT2D eigenvalue weighted by Gasteiger charge is 2.24. The van der Waals surface area contributed by atoms with Crippen molar-refractivity contribution < 1.29 is 4.52 Å². The summed E-state index contributed by atoms with van der Waals surface area (Å²) in [5.74, 6) is 1.15. The van der Waals surface area contributed by atoms with Gasteiger partial charge in [-0.05, 0) is 18.1 Å². The second kappa shape index (κ2) is 4.53. The molecule has 2 aromatic rings. The van der Waals surface area contributed by atoms with E-state index >= 15 is 0 Å². The van der Waals surface area contributed by atoms with Gasteiger partial charge >= 0.3 is 0 Å². The van der Waals surface area contributed by atoms with Crippen molar-refractivity contribution in [2.75, 3.05) is 0 Å². The Morgan fingerprint density at radius 2 is 1.89 bits per heavy atom. The zero-order chi connectivity index (χ0) is 13.3. The Kier molecular flexibility index (Phi) is 3.22. The van der Waals surface area contributed by atoms with Crippen molar-refractivity contribution in [1.82, 2.24) is 10.1 Å². The van der Waals surface area contributed by atoms with Gasteiger partial charge in [0.05, 0.1) is 6.04 Å². The van der Waals surface area contributed by atoms with Crippen LogP contribution in [-0.4, -0.2) is 10.1 Å². The molecule has 0 bridgehead atoms. The smallest absolute Gasteiger partial charge is 0.232 e. The van der Waals surface area contributed by atoms with Crippen LogP contribution >= 0.6 is 0 Å². The fraction of sp³-hybridized carbons (Fsp3) is 0.429. The number of hydrogen-bond donors (Lipinski definition) is 1. The van der Waals surface area contributed by atoms with Gasteiger partial charge in [0.1, 0.15) is 0 Å². The summed E-state index contributed by atoms with van der Waals surface area (Å²) in [6, 6.07) is 7.63. The van der Waals surface area contributed by atoms with Gasteiger partial charge in [-0.3, -0.25) is 0 Å². The molecule has 0 amide bonds. The highest BCUT2D eigenvalue weighted by atomic mass is 16.5. The lowest BCUT2D eigenvalue weighted by Gasteiger charge is -2.12. The molecule has 0 fully saturated rings. The first-order valence-electron chi connectivity index (χ1n) is 6.05. The molecular weight excluding hydrogens is 226 g/mol. The Hall–Kier alpha value is -1.68. The van der Waals surface area contributed by atoms with Crippen LogP contribution in [0.5, 0.6) is 0 Å². The van der Waals surface area contributed by atoms with Crippen molar-refractivity contribution in [2.45, 2.75) is 39.2 Å². The molecule has 2 rings (SSSR count). The van der Waals surface area contributed by atoms with Crippen LogP contribution in [0.3, 0.4) is 0 Å². The summed E-state index contributed by atoms with van der Waals surface area (Å²) in [7, 11) is 0. The molecule has 1 aromatic carbocycles. The second-order valence-electron chi connectivity index (χ2n) is 5.54. The number of benzene rings is 1. The first kappa shape index (κ1) is 12.8. The van der Waals surface area contributed by atoms with Gasteiger partial charge in [0, 0.05) is 5.41 Å². The molecule has 0 spiro atoms. The lowest BCUT2D eigenvalue weighted by atomic mass is 9.97. The number of nitrogens with two attached hydrogens (primary N) is 1. The SMILES string of the molecule is Cc1ccccc1C(N)c1noc(C(C)(C)C)n1. The molecule has 0 aliphatic heterocycles. The molecule has 1 unspecified atom stereocenters. The zero-order valence-corrected chi connectivity index (χ0v) is 11.3. The largest absolute Gasteiger partial charge is 0.339 e. The summed E-state index contributed by atoms with van der Waals surface area (Å²) in [6.45, 7) is 8.12. The van der Waals surface area contributed by atoms with Crippen molar-refractivity contribution in [3.05, 3.63) is 47.1 Å². The highest BCUT2D eigenvalue weighted by Crippen LogP contribution is 2.24. The van der Waals surface area contributed by atoms with Crippen LogP contribution in [0, 0.1) is 6.92 Å². The van der Waals surface area contributed by atoms with E-state index in [1.165, 1.54) is 0 Å². The maximum atomic E-state index is 6.19. The molecule has 96 valence electrons. The van der Waals surface area contributed by atoms with Crippen LogP contribution in [0.1, 0.15) is 49.7 Å². The van der Waals surface area contributed by atoms with Crippen molar-refractivity contribution in [1.29, 1.82) is 0 Å². The van der Waals surface area contributed by atoms with E-state index in [9.17, 15) is 0 Å². The number of hydrogen-bond acceptors (Lipinski definition) is 4. The molecule has 0 aliphatic carbocycles. The Bertz CT molecular complexity index is 540. The number of aryl methyl sites for hydroxylation is 1. The molecule has 18 heavy (non-hydrogen) atoms. The lowest BCUT2D eigenvalue weighted by Crippen LogP contribution is -2.16. The maximum Gasteiger partial charge on any atom is 0.232 e. The number of nitrogens with zero attached hydrogens (tertiary/aromatic N) is 2. The third-order valence-electron chi connectivity index (χ3n) is 2.89. The van der Waals surface area contributed by atoms with Crippen LogP contribution in [-0.2, 0) is 5.41 Å². The summed E-state index contributed by atoms with van der Waals surface area (Å²) in [5, 5.41) is 3.99. The summed E-state index contributed by atoms with van der Waals surface area (Å²) in [6.07, 6.45) is 0. The van der Waals surface area contributed by atoms with Crippen molar-refractivity contribution in [3.8, 4) is 0 Å². The van der Waals surface area contributed by atoms with Crippen molar-refractivity contribution in [3.63, 3.8) is 0 Å². The first-order valence-corrected chi connectivity index (χ1v) is 6.05. The van der Waals surface area contributed by atoms with Gasteiger partial charge in [-0.1, -0.05) is 50.2 Å². The third-order valence-corrected chi connectivity index (χ3v) is 2.89. The van der Waals surface area contributed by atoms with Gasteiger partial charge in [-0.2, -0.15) is 4.98 Å². The topological polar surface area (TPSA) is 64.9 Å². The van der Waals surface area contributed by atoms with Crippen LogP contribution in [0.2, 0.25) is 0 Å². The third kappa shape index (κ3) is 2.43. The van der Waals surface area contributed by atoms with E-state index < -0.39 is 0 Å². The van der Waals surface area contributed by atoms with Gasteiger partial charge < -0.3 is 10.3 Å². The van der Waals surface area contributed by atoms with Gasteiger partial charge in [-0.25, -0.2) is 0 Å². The summed E-state index contributed by atoms with van der Waals surface area (Å²) in [5.41, 5.74) is 8.19. The Labute approximate surface area is 107 Å². The normalized spacial score (nSPS) is 13.6. The summed E-state index contributed by atoms with van der Waals surface area (Å²) < 4.78 is 5.27. The second-order valence-corrected chi connectivity index (χ2v) is 5.54. The van der Waals surface area contributed by atoms with Gasteiger partial charge in [0.15, 0.2) is 5.82 Å². The average Bonchev–Trinajstić information content (AvgIpc) is 2.77. The van der Waals surface area contributed by atoms with Gasteiger partial charge in [0.2, 0.25) is 5.89 Å². The van der Waals surface area contributed by atoms with Gasteiger partial charge in [0.25, 0.3) is 0 Å². The molecule has 1 aromatic heterocycles. The van der Waals surface area contributed by atoms with E-state index in [1.807, 2.05) is 52.0 Å². The molecule has 4 nitrogen and oxygen atoms in total. The average molecular weight is 245 g/mol. The standard InChI is InChI=1S/C14H19N3O/c1-9-7-5-6-8-10(9)11(15)12-16-13(18-17-12)14(2,3)4/h5-8,11H,15H2,1-4H3. The highest BCUT2D eigenvalue weighted by molar-refractivity contribution is 5.31. The van der Waals surface area contributed by atoms with E-state index in [-0.39, 0.29) is 11.5 Å². The molecule has 0 saturated heterocycles. The van der Waals surface area contributed by atoms with Crippen molar-refractivity contribution in [2.24, 2.45) is 5.73 Å². The lowest BCUT2D eigenvalue weighted by molar-refractivity contribution is 0.317. The molecule has 0 saturated carbocycles. The van der Waals surface area contributed by atoms with Crippen LogP contribution in [0.25, 0.3) is 0 Å². The molecular formula is C14H19N3O. The van der Waals surface area contributed by atoms with E-state index in [0.29, 0.717) is 11.7 Å². The number of rotatable bonds is 2. The Morgan fingerprint density at radius 3 is 2.44 bits per heavy atom. The van der Waals surface area contributed by atoms with E-state index in [2.05, 4.69) is 10.1 Å². The minimum absolute atomic E-state index is 0.156. The first-order chi connectivity index (χ1) is 8.39. The molecule has 1 heterocycles. The van der Waals surface area contributed by atoms with Gasteiger partial charge in [-0.15, -0.1) is 0 Å². The Morgan fingerprint density at radius 1 is 1.22 bits per heavy atom. The van der Waals surface area contributed by atoms with Crippen LogP contribution in [0.4, 0.5) is 0 Å². The minimum Gasteiger partial charge on any atom is -0.339 e. The van der Waals surface area contributed by atoms with Crippen LogP contribution in [0.15, 0.2) is 28.8 Å². The molecule has 0 radical (unpaired) electrons. The van der Waals surface area contributed by atoms with E-state index in [1.54, 1.807) is 0 Å². The molecule has 1 atom stereocenters. The van der Waals surface area contributed by atoms with Crippen LogP contribution < -0.4 is 5.73 Å². The molecule has 2 N–H and O–H groups in total. The monoisotopic (exact) mass is 245 g/mol. The Balaban J connectivity index is 2.33. The predicted octanol–water partition coefficient (Wildman–Crippen LogP) is 2.72. The fourth-order valence-electron chi connectivity index (χ4n) is 1.74. The fourth-order valence-corrected chi connectivity index (χ4v) is 1.74. The van der Waals surface area contributed by atoms with E-state index in [0.717, 1.165) is 11.1 Å². The minimum atomic E-state index is -0.342. The summed E-state index contributed by atoms with van der Waals surface area (Å²) >= 11 is 0. The zero-order valence-electron chi connectivity index (χ0n) is 11.3. The quantitative estimate of drug-likeness (QED) is 0.883. The maximum absolute atomic E-state index is 6.19. The van der Waals surface area contributed by atoms with E-state index in [4.69, 9.17) is 10.3 Å². The predicted molar refractivity (Wildman–Crippen MR) is 70.2 cm³/mol. The summed E-state index contributed by atoms with van der Waals surface area (Å²) in [4.78, 5) is 4.40. The number of aromatic nitrogens is 2. The molecule has 4 heteroatoms.